The summed E-state index contributed by atoms with van der Waals surface area (Å²) in [5.74, 6) is -0.889. The fourth-order valence-corrected chi connectivity index (χ4v) is 2.62. The number of para-hydroxylation sites is 1. The van der Waals surface area contributed by atoms with Crippen LogP contribution < -0.4 is 4.90 Å². The van der Waals surface area contributed by atoms with Crippen molar-refractivity contribution in [3.8, 4) is 0 Å². The van der Waals surface area contributed by atoms with Crippen LogP contribution in [-0.4, -0.2) is 42.8 Å². The second-order valence-corrected chi connectivity index (χ2v) is 5.17. The number of aromatic carboxylic acids is 1. The minimum absolute atomic E-state index is 0.281. The molecule has 1 aliphatic rings. The molecular weight excluding hydrogens is 276 g/mol. The van der Waals surface area contributed by atoms with Crippen molar-refractivity contribution in [1.82, 2.24) is 0 Å². The van der Waals surface area contributed by atoms with Gasteiger partial charge in [-0.1, -0.05) is 6.07 Å². The predicted octanol–water partition coefficient (Wildman–Crippen LogP) is 2.16. The Morgan fingerprint density at radius 3 is 2.71 bits per heavy atom. The molecule has 0 aromatic heterocycles. The maximum absolute atomic E-state index is 11.2. The quantitative estimate of drug-likeness (QED) is 0.660. The van der Waals surface area contributed by atoms with Crippen molar-refractivity contribution in [2.24, 2.45) is 5.92 Å². The lowest BCUT2D eigenvalue weighted by atomic mass is 9.99. The number of rotatable bonds is 5. The van der Waals surface area contributed by atoms with Gasteiger partial charge in [0.15, 0.2) is 0 Å². The summed E-state index contributed by atoms with van der Waals surface area (Å²) >= 11 is 0. The Bertz CT molecular complexity index is 540. The number of anilines is 1. The standard InChI is InChI=1S/C14H18N2O5/c1-15(9-10-5-7-21-8-6-10)12-4-2-3-11(14(17)18)13(12)16(19)20/h2-4,10H,5-9H2,1H3,(H,17,18). The lowest BCUT2D eigenvalue weighted by Gasteiger charge is -2.28. The first-order chi connectivity index (χ1) is 10.0. The number of hydrogen-bond acceptors (Lipinski definition) is 5. The number of ether oxygens (including phenoxy) is 1. The molecule has 7 heteroatoms. The van der Waals surface area contributed by atoms with E-state index in [1.807, 2.05) is 0 Å². The van der Waals surface area contributed by atoms with Gasteiger partial charge in [0.05, 0.1) is 4.92 Å². The van der Waals surface area contributed by atoms with Crippen LogP contribution in [0.2, 0.25) is 0 Å². The van der Waals surface area contributed by atoms with Crippen LogP contribution in [0.25, 0.3) is 0 Å². The molecule has 1 N–H and O–H groups in total. The Labute approximate surface area is 122 Å². The third-order valence-corrected chi connectivity index (χ3v) is 3.71. The first-order valence-corrected chi connectivity index (χ1v) is 6.80. The average Bonchev–Trinajstić information content (AvgIpc) is 2.47. The van der Waals surface area contributed by atoms with Crippen LogP contribution >= 0.6 is 0 Å². The monoisotopic (exact) mass is 294 g/mol. The number of nitro groups is 1. The molecule has 21 heavy (non-hydrogen) atoms. The zero-order chi connectivity index (χ0) is 15.4. The van der Waals surface area contributed by atoms with Crippen molar-refractivity contribution in [2.75, 3.05) is 31.7 Å². The first kappa shape index (κ1) is 15.2. The highest BCUT2D eigenvalue weighted by molar-refractivity contribution is 5.95. The Balaban J connectivity index is 2.27. The second-order valence-electron chi connectivity index (χ2n) is 5.17. The molecule has 1 aromatic carbocycles. The van der Waals surface area contributed by atoms with Crippen molar-refractivity contribution < 1.29 is 19.6 Å². The molecule has 0 aliphatic carbocycles. The molecule has 114 valence electrons. The maximum Gasteiger partial charge on any atom is 0.342 e. The van der Waals surface area contributed by atoms with Crippen molar-refractivity contribution >= 4 is 17.3 Å². The van der Waals surface area contributed by atoms with Gasteiger partial charge in [-0.3, -0.25) is 10.1 Å². The molecule has 7 nitrogen and oxygen atoms in total. The largest absolute Gasteiger partial charge is 0.477 e. The Kier molecular flexibility index (Phi) is 4.74. The van der Waals surface area contributed by atoms with Crippen molar-refractivity contribution in [3.05, 3.63) is 33.9 Å². The molecule has 2 rings (SSSR count). The highest BCUT2D eigenvalue weighted by atomic mass is 16.6. The van der Waals surface area contributed by atoms with Gasteiger partial charge in [0.1, 0.15) is 11.3 Å². The van der Waals surface area contributed by atoms with Crippen LogP contribution in [0.3, 0.4) is 0 Å². The van der Waals surface area contributed by atoms with Crippen LogP contribution in [0.15, 0.2) is 18.2 Å². The SMILES string of the molecule is CN(CC1CCOCC1)c1cccc(C(=O)O)c1[N+](=O)[O-]. The lowest BCUT2D eigenvalue weighted by molar-refractivity contribution is -0.384. The van der Waals surface area contributed by atoms with Crippen LogP contribution in [0, 0.1) is 16.0 Å². The van der Waals surface area contributed by atoms with E-state index in [0.29, 0.717) is 31.4 Å². The first-order valence-electron chi connectivity index (χ1n) is 6.80. The van der Waals surface area contributed by atoms with Gasteiger partial charge >= 0.3 is 11.7 Å². The minimum Gasteiger partial charge on any atom is -0.477 e. The van der Waals surface area contributed by atoms with E-state index >= 15 is 0 Å². The average molecular weight is 294 g/mol. The molecule has 1 aromatic rings. The maximum atomic E-state index is 11.2. The molecule has 0 saturated carbocycles. The molecule has 0 radical (unpaired) electrons. The van der Waals surface area contributed by atoms with Crippen molar-refractivity contribution in [1.29, 1.82) is 0 Å². The van der Waals surface area contributed by atoms with E-state index in [0.717, 1.165) is 12.8 Å². The van der Waals surface area contributed by atoms with Gasteiger partial charge in [-0.15, -0.1) is 0 Å². The van der Waals surface area contributed by atoms with Crippen LogP contribution in [-0.2, 0) is 4.74 Å². The number of nitrogens with zero attached hydrogens (tertiary/aromatic N) is 2. The summed E-state index contributed by atoms with van der Waals surface area (Å²) in [6.45, 7) is 2.05. The zero-order valence-electron chi connectivity index (χ0n) is 11.8. The zero-order valence-corrected chi connectivity index (χ0v) is 11.8. The van der Waals surface area contributed by atoms with E-state index in [2.05, 4.69) is 0 Å². The van der Waals surface area contributed by atoms with E-state index in [1.54, 1.807) is 18.0 Å². The summed E-state index contributed by atoms with van der Waals surface area (Å²) in [6.07, 6.45) is 1.83. The van der Waals surface area contributed by atoms with Crippen LogP contribution in [0.1, 0.15) is 23.2 Å². The van der Waals surface area contributed by atoms with Crippen molar-refractivity contribution in [2.45, 2.75) is 12.8 Å². The molecule has 0 atom stereocenters. The molecule has 0 amide bonds. The third-order valence-electron chi connectivity index (χ3n) is 3.71. The summed E-state index contributed by atoms with van der Waals surface area (Å²) in [4.78, 5) is 23.5. The normalized spacial score (nSPS) is 15.7. The molecule has 1 fully saturated rings. The van der Waals surface area contributed by atoms with Gasteiger partial charge in [0, 0.05) is 26.8 Å². The highest BCUT2D eigenvalue weighted by Gasteiger charge is 2.27. The Hall–Kier alpha value is -2.15. The highest BCUT2D eigenvalue weighted by Crippen LogP contribution is 2.32. The molecular formula is C14H18N2O5. The second kappa shape index (κ2) is 6.53. The van der Waals surface area contributed by atoms with E-state index in [-0.39, 0.29) is 11.3 Å². The van der Waals surface area contributed by atoms with Gasteiger partial charge in [-0.2, -0.15) is 0 Å². The van der Waals surface area contributed by atoms with Crippen LogP contribution in [0.4, 0.5) is 11.4 Å². The Morgan fingerprint density at radius 2 is 2.14 bits per heavy atom. The van der Waals surface area contributed by atoms with E-state index < -0.39 is 10.9 Å². The van der Waals surface area contributed by atoms with Gasteiger partial charge < -0.3 is 14.7 Å². The Morgan fingerprint density at radius 1 is 1.48 bits per heavy atom. The third kappa shape index (κ3) is 3.49. The fraction of sp³-hybridized carbons (Fsp3) is 0.500. The molecule has 0 bridgehead atoms. The summed E-state index contributed by atoms with van der Waals surface area (Å²) in [7, 11) is 1.75. The summed E-state index contributed by atoms with van der Waals surface area (Å²) in [5, 5.41) is 20.3. The fourth-order valence-electron chi connectivity index (χ4n) is 2.62. The van der Waals surface area contributed by atoms with Crippen molar-refractivity contribution in [3.63, 3.8) is 0 Å². The number of nitro benzene ring substituents is 1. The minimum atomic E-state index is -1.29. The molecule has 1 heterocycles. The van der Waals surface area contributed by atoms with E-state index in [4.69, 9.17) is 9.84 Å². The van der Waals surface area contributed by atoms with Gasteiger partial charge in [-0.05, 0) is 30.9 Å². The van der Waals surface area contributed by atoms with Gasteiger partial charge in [0.2, 0.25) is 0 Å². The van der Waals surface area contributed by atoms with Gasteiger partial charge in [-0.25, -0.2) is 4.79 Å². The predicted molar refractivity (Wildman–Crippen MR) is 76.9 cm³/mol. The summed E-state index contributed by atoms with van der Waals surface area (Å²) in [6, 6.07) is 4.38. The number of carboxylic acids is 1. The van der Waals surface area contributed by atoms with E-state index in [1.165, 1.54) is 12.1 Å². The van der Waals surface area contributed by atoms with Gasteiger partial charge in [0.25, 0.3) is 0 Å². The molecule has 1 aliphatic heterocycles. The molecule has 0 spiro atoms. The van der Waals surface area contributed by atoms with Crippen LogP contribution in [0.5, 0.6) is 0 Å². The summed E-state index contributed by atoms with van der Waals surface area (Å²) < 4.78 is 5.30. The number of hydrogen-bond donors (Lipinski definition) is 1. The molecule has 0 unspecified atom stereocenters. The number of carboxylic acid groups (broad SMARTS) is 1. The number of benzene rings is 1. The smallest absolute Gasteiger partial charge is 0.342 e. The summed E-state index contributed by atoms with van der Waals surface area (Å²) in [5.41, 5.74) is -0.290. The molecule has 1 saturated heterocycles. The topological polar surface area (TPSA) is 92.9 Å². The van der Waals surface area contributed by atoms with E-state index in [9.17, 15) is 14.9 Å². The number of carbonyl (C=O) groups is 1. The lowest BCUT2D eigenvalue weighted by Crippen LogP contribution is -2.30.